The van der Waals surface area contributed by atoms with Gasteiger partial charge in [0.15, 0.2) is 23.0 Å². The molecule has 2 aromatic heterocycles. The molecule has 0 amide bonds. The average Bonchev–Trinajstić information content (AvgIpc) is 2.97. The molecule has 0 aliphatic rings. The Labute approximate surface area is 131 Å². The summed E-state index contributed by atoms with van der Waals surface area (Å²) in [6, 6.07) is 3.55. The number of hydrogen-bond acceptors (Lipinski definition) is 8. The van der Waals surface area contributed by atoms with E-state index in [-0.39, 0.29) is 11.8 Å². The van der Waals surface area contributed by atoms with E-state index < -0.39 is 0 Å². The van der Waals surface area contributed by atoms with E-state index in [0.717, 1.165) is 0 Å². The molecule has 0 unspecified atom stereocenters. The Morgan fingerprint density at radius 2 is 1.65 bits per heavy atom. The van der Waals surface area contributed by atoms with Crippen molar-refractivity contribution in [3.05, 3.63) is 12.1 Å². The minimum Gasteiger partial charge on any atom is -0.493 e. The number of hydrogen-bond donors (Lipinski definition) is 3. The molecule has 0 saturated heterocycles. The molecule has 0 aliphatic heterocycles. The number of nitrogen functional groups attached to an aromatic ring is 2. The number of imidazole rings is 1. The van der Waals surface area contributed by atoms with Crippen molar-refractivity contribution < 1.29 is 14.2 Å². The molecule has 5 N–H and O–H groups in total. The topological polar surface area (TPSA) is 134 Å². The first-order valence-corrected chi connectivity index (χ1v) is 6.67. The largest absolute Gasteiger partial charge is 0.493 e. The van der Waals surface area contributed by atoms with Crippen molar-refractivity contribution in [3.8, 4) is 28.6 Å². The number of H-pyrrole nitrogens is 1. The van der Waals surface area contributed by atoms with Gasteiger partial charge in [-0.1, -0.05) is 0 Å². The van der Waals surface area contributed by atoms with Crippen LogP contribution in [-0.4, -0.2) is 41.3 Å². The second-order valence-corrected chi connectivity index (χ2v) is 4.63. The number of benzene rings is 1. The lowest BCUT2D eigenvalue weighted by Gasteiger charge is -2.14. The predicted molar refractivity (Wildman–Crippen MR) is 85.6 cm³/mol. The van der Waals surface area contributed by atoms with Crippen LogP contribution >= 0.6 is 0 Å². The van der Waals surface area contributed by atoms with Crippen molar-refractivity contribution in [3.63, 3.8) is 0 Å². The van der Waals surface area contributed by atoms with Gasteiger partial charge in [-0.05, 0) is 12.1 Å². The maximum atomic E-state index is 5.84. The quantitative estimate of drug-likeness (QED) is 0.653. The summed E-state index contributed by atoms with van der Waals surface area (Å²) in [6.45, 7) is 0. The van der Waals surface area contributed by atoms with E-state index in [0.29, 0.717) is 39.8 Å². The Morgan fingerprint density at radius 1 is 0.913 bits per heavy atom. The van der Waals surface area contributed by atoms with Crippen LogP contribution in [0.1, 0.15) is 0 Å². The molecule has 23 heavy (non-hydrogen) atoms. The highest BCUT2D eigenvalue weighted by Gasteiger charge is 2.20. The zero-order valence-corrected chi connectivity index (χ0v) is 12.9. The molecule has 9 nitrogen and oxygen atoms in total. The zero-order chi connectivity index (χ0) is 16.6. The molecule has 0 atom stereocenters. The number of nitrogens with two attached hydrogens (primary N) is 2. The summed E-state index contributed by atoms with van der Waals surface area (Å²) in [6.07, 6.45) is 0. The summed E-state index contributed by atoms with van der Waals surface area (Å²) < 4.78 is 16.1. The van der Waals surface area contributed by atoms with Crippen LogP contribution in [-0.2, 0) is 0 Å². The number of aromatic amines is 1. The third-order valence-corrected chi connectivity index (χ3v) is 3.36. The van der Waals surface area contributed by atoms with Crippen LogP contribution in [0, 0.1) is 0 Å². The van der Waals surface area contributed by atoms with Gasteiger partial charge in [0.25, 0.3) is 0 Å². The van der Waals surface area contributed by atoms with E-state index in [1.165, 1.54) is 14.2 Å². The van der Waals surface area contributed by atoms with Gasteiger partial charge in [-0.15, -0.1) is 0 Å². The molecule has 9 heteroatoms. The third-order valence-electron chi connectivity index (χ3n) is 3.36. The van der Waals surface area contributed by atoms with E-state index >= 15 is 0 Å². The third kappa shape index (κ3) is 2.31. The van der Waals surface area contributed by atoms with Crippen molar-refractivity contribution in [1.82, 2.24) is 19.9 Å². The second-order valence-electron chi connectivity index (χ2n) is 4.63. The van der Waals surface area contributed by atoms with Crippen molar-refractivity contribution in [2.75, 3.05) is 32.8 Å². The maximum absolute atomic E-state index is 5.84. The van der Waals surface area contributed by atoms with E-state index in [4.69, 9.17) is 25.7 Å². The summed E-state index contributed by atoms with van der Waals surface area (Å²) in [5.41, 5.74) is 13.0. The highest BCUT2D eigenvalue weighted by molar-refractivity contribution is 5.86. The number of methoxy groups -OCH3 is 3. The summed E-state index contributed by atoms with van der Waals surface area (Å²) >= 11 is 0. The highest BCUT2D eigenvalue weighted by Crippen LogP contribution is 2.43. The molecule has 0 spiro atoms. The van der Waals surface area contributed by atoms with E-state index in [2.05, 4.69) is 19.9 Å². The lowest BCUT2D eigenvalue weighted by Crippen LogP contribution is -1.99. The van der Waals surface area contributed by atoms with Crippen molar-refractivity contribution in [2.24, 2.45) is 0 Å². The number of aromatic nitrogens is 4. The SMILES string of the molecule is COc1ccc(-c2nc3nc(N)nc(N)c3[nH]2)c(OC)c1OC. The van der Waals surface area contributed by atoms with Crippen LogP contribution < -0.4 is 25.7 Å². The van der Waals surface area contributed by atoms with Gasteiger partial charge in [0.1, 0.15) is 11.3 Å². The van der Waals surface area contributed by atoms with Gasteiger partial charge in [-0.2, -0.15) is 9.97 Å². The number of rotatable bonds is 4. The van der Waals surface area contributed by atoms with E-state index in [1.54, 1.807) is 19.2 Å². The lowest BCUT2D eigenvalue weighted by molar-refractivity contribution is 0.325. The van der Waals surface area contributed by atoms with Crippen molar-refractivity contribution in [1.29, 1.82) is 0 Å². The minimum atomic E-state index is 0.0623. The van der Waals surface area contributed by atoms with Crippen molar-refractivity contribution >= 4 is 22.9 Å². The predicted octanol–water partition coefficient (Wildman–Crippen LogP) is 1.21. The Kier molecular flexibility index (Phi) is 3.53. The second kappa shape index (κ2) is 5.52. The molecule has 2 heterocycles. The first-order valence-electron chi connectivity index (χ1n) is 6.67. The maximum Gasteiger partial charge on any atom is 0.224 e. The fraction of sp³-hybridized carbons (Fsp3) is 0.214. The fourth-order valence-corrected chi connectivity index (χ4v) is 2.35. The van der Waals surface area contributed by atoms with Gasteiger partial charge >= 0.3 is 0 Å². The number of fused-ring (bicyclic) bond motifs is 1. The molecule has 0 saturated carbocycles. The average molecular weight is 316 g/mol. The van der Waals surface area contributed by atoms with Crippen LogP contribution in [0.3, 0.4) is 0 Å². The van der Waals surface area contributed by atoms with E-state index in [9.17, 15) is 0 Å². The molecule has 0 bridgehead atoms. The Morgan fingerprint density at radius 3 is 2.30 bits per heavy atom. The van der Waals surface area contributed by atoms with Crippen LogP contribution in [0.15, 0.2) is 12.1 Å². The highest BCUT2D eigenvalue weighted by atomic mass is 16.5. The van der Waals surface area contributed by atoms with Gasteiger partial charge in [0, 0.05) is 0 Å². The molecule has 3 rings (SSSR count). The summed E-state index contributed by atoms with van der Waals surface area (Å²) in [5, 5.41) is 0. The smallest absolute Gasteiger partial charge is 0.224 e. The molecule has 120 valence electrons. The van der Waals surface area contributed by atoms with Crippen molar-refractivity contribution in [2.45, 2.75) is 0 Å². The van der Waals surface area contributed by atoms with Gasteiger partial charge in [-0.3, -0.25) is 0 Å². The molecule has 0 aliphatic carbocycles. The Hall–Kier alpha value is -3.23. The van der Waals surface area contributed by atoms with Crippen LogP contribution in [0.2, 0.25) is 0 Å². The normalized spacial score (nSPS) is 10.7. The number of ether oxygens (including phenoxy) is 3. The lowest BCUT2D eigenvalue weighted by atomic mass is 10.1. The molecular formula is C14H16N6O3. The molecule has 0 radical (unpaired) electrons. The Balaban J connectivity index is 2.24. The molecule has 3 aromatic rings. The number of nitrogens with one attached hydrogen (secondary N) is 1. The summed E-state index contributed by atoms with van der Waals surface area (Å²) in [7, 11) is 4.62. The first kappa shape index (κ1) is 14.7. The van der Waals surface area contributed by atoms with Crippen LogP contribution in [0.5, 0.6) is 17.2 Å². The first-order chi connectivity index (χ1) is 11.1. The van der Waals surface area contributed by atoms with Gasteiger partial charge in [-0.25, -0.2) is 4.98 Å². The Bertz CT molecular complexity index is 877. The minimum absolute atomic E-state index is 0.0623. The number of anilines is 2. The number of nitrogens with zero attached hydrogens (tertiary/aromatic N) is 3. The zero-order valence-electron chi connectivity index (χ0n) is 12.9. The van der Waals surface area contributed by atoms with Gasteiger partial charge < -0.3 is 30.7 Å². The molecule has 0 fully saturated rings. The van der Waals surface area contributed by atoms with E-state index in [1.807, 2.05) is 0 Å². The summed E-state index contributed by atoms with van der Waals surface area (Å²) in [4.78, 5) is 15.5. The van der Waals surface area contributed by atoms with Gasteiger partial charge in [0.05, 0.1) is 26.9 Å². The molecular weight excluding hydrogens is 300 g/mol. The fourth-order valence-electron chi connectivity index (χ4n) is 2.35. The standard InChI is InChI=1S/C14H16N6O3/c1-21-7-5-4-6(9(22-2)10(7)23-3)12-17-8-11(15)18-14(16)20-13(8)19-12/h4-5H,1-3H3,(H5,15,16,17,18,19,20). The van der Waals surface area contributed by atoms with Crippen LogP contribution in [0.4, 0.5) is 11.8 Å². The van der Waals surface area contributed by atoms with Gasteiger partial charge in [0.2, 0.25) is 11.7 Å². The summed E-state index contributed by atoms with van der Waals surface area (Å²) in [5.74, 6) is 2.28. The monoisotopic (exact) mass is 316 g/mol. The molecule has 1 aromatic carbocycles. The van der Waals surface area contributed by atoms with Crippen LogP contribution in [0.25, 0.3) is 22.6 Å².